The Morgan fingerprint density at radius 3 is 3.07 bits per heavy atom. The minimum atomic E-state index is 0.0215. The molecule has 0 saturated heterocycles. The fourth-order valence-corrected chi connectivity index (χ4v) is 2.05. The molecule has 0 N–H and O–H groups in total. The summed E-state index contributed by atoms with van der Waals surface area (Å²) in [5.41, 5.74) is 2.17. The molecule has 1 aromatic carbocycles. The lowest BCUT2D eigenvalue weighted by Gasteiger charge is -2.27. The maximum Gasteiger partial charge on any atom is 0.224 e. The third kappa shape index (κ3) is 1.69. The number of nitrogens with zero attached hydrogens (tertiary/aromatic N) is 1. The highest BCUT2D eigenvalue weighted by molar-refractivity contribution is 9.10. The molecular formula is C11H10BrNO. The Balaban J connectivity index is 2.44. The van der Waals surface area contributed by atoms with Crippen LogP contribution in [0.2, 0.25) is 0 Å². The van der Waals surface area contributed by atoms with E-state index in [1.165, 1.54) is 5.56 Å². The molecule has 1 heterocycles. The number of rotatable bonds is 0. The van der Waals surface area contributed by atoms with E-state index >= 15 is 0 Å². The summed E-state index contributed by atoms with van der Waals surface area (Å²) in [4.78, 5) is 12.9. The van der Waals surface area contributed by atoms with Gasteiger partial charge in [0.2, 0.25) is 5.91 Å². The number of carbonyl (C=O) groups excluding carboxylic acids is 1. The molecule has 1 aliphatic rings. The third-order valence-electron chi connectivity index (χ3n) is 2.26. The van der Waals surface area contributed by atoms with E-state index in [1.54, 1.807) is 11.8 Å². The summed E-state index contributed by atoms with van der Waals surface area (Å²) < 4.78 is 1.06. The second-order valence-corrected chi connectivity index (χ2v) is 4.20. The lowest BCUT2D eigenvalue weighted by atomic mass is 10.0. The van der Waals surface area contributed by atoms with Crippen LogP contribution in [0.3, 0.4) is 0 Å². The van der Waals surface area contributed by atoms with Gasteiger partial charge in [-0.3, -0.25) is 4.79 Å². The van der Waals surface area contributed by atoms with Crippen molar-refractivity contribution in [2.45, 2.75) is 19.8 Å². The van der Waals surface area contributed by atoms with Gasteiger partial charge in [0, 0.05) is 17.1 Å². The predicted octanol–water partition coefficient (Wildman–Crippen LogP) is 2.79. The fourth-order valence-electron chi connectivity index (χ4n) is 1.64. The molecule has 72 valence electrons. The van der Waals surface area contributed by atoms with Crippen molar-refractivity contribution in [3.05, 3.63) is 34.8 Å². The smallest absolute Gasteiger partial charge is 0.224 e. The van der Waals surface area contributed by atoms with Crippen LogP contribution in [0.25, 0.3) is 0 Å². The van der Waals surface area contributed by atoms with E-state index in [4.69, 9.17) is 0 Å². The number of hydrogen-bond acceptors (Lipinski definition) is 1. The average molecular weight is 252 g/mol. The molecule has 2 nitrogen and oxygen atoms in total. The van der Waals surface area contributed by atoms with Crippen LogP contribution in [-0.4, -0.2) is 5.91 Å². The Hall–Kier alpha value is -0.830. The normalized spacial score (nSPS) is 15.1. The van der Waals surface area contributed by atoms with Gasteiger partial charge in [-0.05, 0) is 36.6 Å². The minimum Gasteiger partial charge on any atom is -0.301 e. The van der Waals surface area contributed by atoms with Gasteiger partial charge in [-0.2, -0.15) is 0 Å². The van der Waals surface area contributed by atoms with E-state index in [0.717, 1.165) is 23.0 Å². The highest BCUT2D eigenvalue weighted by atomic mass is 79.9. The molecule has 0 aliphatic carbocycles. The number of hydrogen-bond donors (Lipinski definition) is 0. The summed E-state index contributed by atoms with van der Waals surface area (Å²) in [6.07, 6.45) is 1.77. The van der Waals surface area contributed by atoms with E-state index in [9.17, 15) is 4.79 Å². The lowest BCUT2D eigenvalue weighted by Crippen LogP contribution is -2.29. The molecule has 14 heavy (non-hydrogen) atoms. The highest BCUT2D eigenvalue weighted by Gasteiger charge is 2.20. The van der Waals surface area contributed by atoms with Gasteiger partial charge in [0.25, 0.3) is 0 Å². The first-order valence-electron chi connectivity index (χ1n) is 4.51. The SMILES string of the molecule is CC(=O)N1[C]CCc2cc(Br)ccc21. The molecule has 1 aliphatic heterocycles. The van der Waals surface area contributed by atoms with E-state index in [2.05, 4.69) is 28.5 Å². The largest absolute Gasteiger partial charge is 0.301 e. The first-order valence-corrected chi connectivity index (χ1v) is 5.30. The van der Waals surface area contributed by atoms with Gasteiger partial charge in [0.1, 0.15) is 6.54 Å². The van der Waals surface area contributed by atoms with E-state index in [1.807, 2.05) is 12.1 Å². The second kappa shape index (κ2) is 3.73. The summed E-state index contributed by atoms with van der Waals surface area (Å²) in [6, 6.07) is 5.96. The number of halogens is 1. The summed E-state index contributed by atoms with van der Waals surface area (Å²) in [6.45, 7) is 4.62. The van der Waals surface area contributed by atoms with Crippen LogP contribution in [0.4, 0.5) is 5.69 Å². The molecule has 2 rings (SSSR count). The molecule has 0 saturated carbocycles. The summed E-state index contributed by atoms with van der Waals surface area (Å²) in [5.74, 6) is 0.0215. The molecule has 0 aromatic heterocycles. The van der Waals surface area contributed by atoms with Crippen molar-refractivity contribution in [1.29, 1.82) is 0 Å². The van der Waals surface area contributed by atoms with Crippen LogP contribution >= 0.6 is 15.9 Å². The molecule has 0 spiro atoms. The van der Waals surface area contributed by atoms with Gasteiger partial charge >= 0.3 is 0 Å². The number of anilines is 1. The number of benzene rings is 1. The van der Waals surface area contributed by atoms with Crippen molar-refractivity contribution in [2.24, 2.45) is 0 Å². The maximum atomic E-state index is 11.3. The van der Waals surface area contributed by atoms with Crippen LogP contribution < -0.4 is 4.90 Å². The van der Waals surface area contributed by atoms with E-state index in [-0.39, 0.29) is 5.91 Å². The second-order valence-electron chi connectivity index (χ2n) is 3.29. The van der Waals surface area contributed by atoms with Gasteiger partial charge in [-0.15, -0.1) is 0 Å². The Morgan fingerprint density at radius 2 is 2.36 bits per heavy atom. The van der Waals surface area contributed by atoms with Crippen LogP contribution in [0.15, 0.2) is 22.7 Å². The number of aryl methyl sites for hydroxylation is 1. The van der Waals surface area contributed by atoms with Crippen LogP contribution in [0.1, 0.15) is 18.9 Å². The quantitative estimate of drug-likeness (QED) is 0.695. The topological polar surface area (TPSA) is 20.3 Å². The first kappa shape index (κ1) is 9.71. The number of fused-ring (bicyclic) bond motifs is 1. The Labute approximate surface area is 92.0 Å². The Bertz CT molecular complexity index is 376. The van der Waals surface area contributed by atoms with Crippen molar-refractivity contribution in [3.63, 3.8) is 0 Å². The molecule has 0 unspecified atom stereocenters. The van der Waals surface area contributed by atoms with Crippen molar-refractivity contribution < 1.29 is 4.79 Å². The van der Waals surface area contributed by atoms with Crippen LogP contribution in [0, 0.1) is 6.54 Å². The number of carbonyl (C=O) groups is 1. The summed E-state index contributed by atoms with van der Waals surface area (Å²) in [5, 5.41) is 0. The van der Waals surface area contributed by atoms with Crippen LogP contribution in [0.5, 0.6) is 0 Å². The molecule has 0 atom stereocenters. The molecule has 1 aromatic rings. The molecule has 0 fully saturated rings. The highest BCUT2D eigenvalue weighted by Crippen LogP contribution is 2.31. The average Bonchev–Trinajstić information content (AvgIpc) is 2.16. The fraction of sp³-hybridized carbons (Fsp3) is 0.273. The van der Waals surface area contributed by atoms with Crippen molar-refractivity contribution in [1.82, 2.24) is 0 Å². The molecular weight excluding hydrogens is 242 g/mol. The molecule has 1 amide bonds. The standard InChI is InChI=1S/C11H10BrNO/c1-8(14)13-6-2-3-9-7-10(12)4-5-11(9)13/h4-5,7H,2-3H2,1H3. The van der Waals surface area contributed by atoms with Crippen molar-refractivity contribution >= 4 is 27.5 Å². The van der Waals surface area contributed by atoms with Gasteiger partial charge in [0.15, 0.2) is 0 Å². The Kier molecular flexibility index (Phi) is 2.59. The van der Waals surface area contributed by atoms with Gasteiger partial charge in [-0.25, -0.2) is 0 Å². The van der Waals surface area contributed by atoms with Crippen molar-refractivity contribution in [2.75, 3.05) is 4.90 Å². The van der Waals surface area contributed by atoms with Crippen molar-refractivity contribution in [3.8, 4) is 0 Å². The summed E-state index contributed by atoms with van der Waals surface area (Å²) in [7, 11) is 0. The lowest BCUT2D eigenvalue weighted by molar-refractivity contribution is -0.116. The Morgan fingerprint density at radius 1 is 1.57 bits per heavy atom. The van der Waals surface area contributed by atoms with E-state index in [0.29, 0.717) is 0 Å². The van der Waals surface area contributed by atoms with Crippen LogP contribution in [-0.2, 0) is 11.2 Å². The molecule has 3 heteroatoms. The zero-order chi connectivity index (χ0) is 10.1. The van der Waals surface area contributed by atoms with E-state index < -0.39 is 0 Å². The summed E-state index contributed by atoms with van der Waals surface area (Å²) >= 11 is 3.42. The van der Waals surface area contributed by atoms with Gasteiger partial charge in [0.05, 0.1) is 0 Å². The first-order chi connectivity index (χ1) is 6.68. The zero-order valence-electron chi connectivity index (χ0n) is 7.88. The molecule has 2 radical (unpaired) electrons. The third-order valence-corrected chi connectivity index (χ3v) is 2.75. The molecule has 0 bridgehead atoms. The predicted molar refractivity (Wildman–Crippen MR) is 58.9 cm³/mol. The monoisotopic (exact) mass is 251 g/mol. The van der Waals surface area contributed by atoms with Gasteiger partial charge < -0.3 is 4.90 Å². The maximum absolute atomic E-state index is 11.3. The number of amides is 1. The minimum absolute atomic E-state index is 0.0215. The zero-order valence-corrected chi connectivity index (χ0v) is 9.47. The van der Waals surface area contributed by atoms with Gasteiger partial charge in [-0.1, -0.05) is 15.9 Å².